The van der Waals surface area contributed by atoms with Gasteiger partial charge in [-0.05, 0) is 62.1 Å². The Hall–Kier alpha value is -2.91. The molecule has 3 aliphatic heterocycles. The average molecular weight is 528 g/mol. The Morgan fingerprint density at radius 2 is 2.18 bits per heavy atom. The van der Waals surface area contributed by atoms with Gasteiger partial charge in [0.05, 0.1) is 6.10 Å². The van der Waals surface area contributed by atoms with Gasteiger partial charge in [-0.2, -0.15) is 0 Å². The summed E-state index contributed by atoms with van der Waals surface area (Å²) in [7, 11) is 0. The standard InChI is InChI=1S/C29H38FN3O5/c1-18(2)25-17-37-24-15-20(30)14-23(27(24)38-25)26(29(34)35)33-12-10-22(16-33)36-13-4-3-7-21-9-8-19-6-5-11-31-28(19)32-21/h8-9,14-15,18,22,25-26H,3-7,10-13,16-17H2,1-2H3,(H,31,32)(H,34,35). The van der Waals surface area contributed by atoms with E-state index in [2.05, 4.69) is 17.4 Å². The van der Waals surface area contributed by atoms with Crippen molar-refractivity contribution in [2.75, 3.05) is 38.2 Å². The van der Waals surface area contributed by atoms with Crippen LogP contribution in [0.2, 0.25) is 0 Å². The van der Waals surface area contributed by atoms with Crippen LogP contribution >= 0.6 is 0 Å². The summed E-state index contributed by atoms with van der Waals surface area (Å²) in [4.78, 5) is 19.0. The second-order valence-electron chi connectivity index (χ2n) is 10.8. The van der Waals surface area contributed by atoms with E-state index in [-0.39, 0.29) is 23.9 Å². The van der Waals surface area contributed by atoms with E-state index in [1.165, 1.54) is 17.7 Å². The van der Waals surface area contributed by atoms with E-state index in [4.69, 9.17) is 19.2 Å². The molecule has 1 saturated heterocycles. The number of anilines is 1. The molecular formula is C29H38FN3O5. The number of hydrogen-bond acceptors (Lipinski definition) is 7. The molecule has 1 aromatic carbocycles. The Bertz CT molecular complexity index is 1140. The molecule has 0 spiro atoms. The van der Waals surface area contributed by atoms with Crippen molar-refractivity contribution in [2.45, 2.75) is 70.6 Å². The highest BCUT2D eigenvalue weighted by Gasteiger charge is 2.38. The smallest absolute Gasteiger partial charge is 0.325 e. The number of carboxylic acid groups (broad SMARTS) is 1. The Labute approximate surface area is 223 Å². The van der Waals surface area contributed by atoms with Crippen molar-refractivity contribution in [3.63, 3.8) is 0 Å². The molecule has 9 heteroatoms. The molecule has 0 bridgehead atoms. The molecule has 1 aromatic heterocycles. The maximum Gasteiger partial charge on any atom is 0.325 e. The molecule has 3 unspecified atom stereocenters. The predicted octanol–water partition coefficient (Wildman–Crippen LogP) is 4.61. The molecule has 3 aliphatic rings. The van der Waals surface area contributed by atoms with Crippen molar-refractivity contribution < 1.29 is 28.5 Å². The number of aryl methyl sites for hydroxylation is 2. The van der Waals surface area contributed by atoms with Gasteiger partial charge in [-0.3, -0.25) is 9.69 Å². The Balaban J connectivity index is 1.15. The summed E-state index contributed by atoms with van der Waals surface area (Å²) >= 11 is 0. The minimum atomic E-state index is -1.04. The second kappa shape index (κ2) is 11.9. The van der Waals surface area contributed by atoms with Gasteiger partial charge < -0.3 is 24.6 Å². The van der Waals surface area contributed by atoms with Gasteiger partial charge in [-0.25, -0.2) is 9.37 Å². The summed E-state index contributed by atoms with van der Waals surface area (Å²) in [6.07, 6.45) is 5.48. The third-order valence-electron chi connectivity index (χ3n) is 7.67. The van der Waals surface area contributed by atoms with Crippen LogP contribution in [0.5, 0.6) is 11.5 Å². The van der Waals surface area contributed by atoms with Crippen molar-refractivity contribution in [1.29, 1.82) is 0 Å². The Kier molecular flexibility index (Phi) is 8.33. The summed E-state index contributed by atoms with van der Waals surface area (Å²) in [5.41, 5.74) is 2.69. The second-order valence-corrected chi connectivity index (χ2v) is 10.8. The lowest BCUT2D eigenvalue weighted by atomic mass is 10.0. The van der Waals surface area contributed by atoms with E-state index in [1.54, 1.807) is 0 Å². The number of nitrogens with zero attached hydrogens (tertiary/aromatic N) is 2. The van der Waals surface area contributed by atoms with Crippen LogP contribution in [0.1, 0.15) is 62.4 Å². The van der Waals surface area contributed by atoms with E-state index in [1.807, 2.05) is 18.7 Å². The number of likely N-dealkylation sites (tertiary alicyclic amines) is 1. The van der Waals surface area contributed by atoms with E-state index in [0.717, 1.165) is 56.6 Å². The molecule has 4 heterocycles. The molecular weight excluding hydrogens is 489 g/mol. The van der Waals surface area contributed by atoms with Crippen LogP contribution in [-0.2, 0) is 22.4 Å². The van der Waals surface area contributed by atoms with E-state index < -0.39 is 17.8 Å². The SMILES string of the molecule is CC(C)C1COc2cc(F)cc(C(C(=O)O)N3CCC(OCCCCc4ccc5c(n4)NCCC5)C3)c2O1. The van der Waals surface area contributed by atoms with Crippen molar-refractivity contribution in [3.05, 3.63) is 46.9 Å². The van der Waals surface area contributed by atoms with E-state index >= 15 is 0 Å². The average Bonchev–Trinajstić information content (AvgIpc) is 3.36. The van der Waals surface area contributed by atoms with Crippen LogP contribution in [0, 0.1) is 11.7 Å². The zero-order valence-electron chi connectivity index (χ0n) is 22.2. The van der Waals surface area contributed by atoms with Crippen LogP contribution in [0.15, 0.2) is 24.3 Å². The number of unbranched alkanes of at least 4 members (excludes halogenated alkanes) is 1. The predicted molar refractivity (Wildman–Crippen MR) is 141 cm³/mol. The largest absolute Gasteiger partial charge is 0.486 e. The first kappa shape index (κ1) is 26.7. The lowest BCUT2D eigenvalue weighted by Crippen LogP contribution is -2.37. The highest BCUT2D eigenvalue weighted by atomic mass is 19.1. The summed E-state index contributed by atoms with van der Waals surface area (Å²) < 4.78 is 32.5. The third kappa shape index (κ3) is 6.04. The van der Waals surface area contributed by atoms with Gasteiger partial charge in [-0.15, -0.1) is 0 Å². The molecule has 5 rings (SSSR count). The fourth-order valence-electron chi connectivity index (χ4n) is 5.49. The highest BCUT2D eigenvalue weighted by Crippen LogP contribution is 2.42. The number of aromatic nitrogens is 1. The number of carbonyl (C=O) groups is 1. The summed E-state index contributed by atoms with van der Waals surface area (Å²) in [5, 5.41) is 13.5. The minimum Gasteiger partial charge on any atom is -0.486 e. The maximum atomic E-state index is 14.5. The van der Waals surface area contributed by atoms with Crippen LogP contribution in [0.3, 0.4) is 0 Å². The summed E-state index contributed by atoms with van der Waals surface area (Å²) in [6, 6.07) is 5.80. The van der Waals surface area contributed by atoms with E-state index in [0.29, 0.717) is 37.6 Å². The van der Waals surface area contributed by atoms with Gasteiger partial charge in [-0.1, -0.05) is 19.9 Å². The zero-order chi connectivity index (χ0) is 26.6. The lowest BCUT2D eigenvalue weighted by Gasteiger charge is -2.33. The number of carboxylic acids is 1. The van der Waals surface area contributed by atoms with Crippen molar-refractivity contribution in [1.82, 2.24) is 9.88 Å². The monoisotopic (exact) mass is 527 g/mol. The van der Waals surface area contributed by atoms with Gasteiger partial charge in [0.15, 0.2) is 11.5 Å². The molecule has 8 nitrogen and oxygen atoms in total. The van der Waals surface area contributed by atoms with Crippen molar-refractivity contribution >= 4 is 11.8 Å². The van der Waals surface area contributed by atoms with Crippen molar-refractivity contribution in [2.24, 2.45) is 5.92 Å². The Morgan fingerprint density at radius 3 is 3.00 bits per heavy atom. The lowest BCUT2D eigenvalue weighted by molar-refractivity contribution is -0.143. The normalized spacial score (nSPS) is 21.7. The Morgan fingerprint density at radius 1 is 1.32 bits per heavy atom. The van der Waals surface area contributed by atoms with Gasteiger partial charge in [0, 0.05) is 43.6 Å². The first-order chi connectivity index (χ1) is 18.4. The number of pyridine rings is 1. The first-order valence-electron chi connectivity index (χ1n) is 13.8. The number of benzene rings is 1. The number of nitrogens with one attached hydrogen (secondary N) is 1. The molecule has 3 atom stereocenters. The number of halogens is 1. The molecule has 0 aliphatic carbocycles. The van der Waals surface area contributed by atoms with E-state index in [9.17, 15) is 14.3 Å². The number of aliphatic carboxylic acids is 1. The molecule has 38 heavy (non-hydrogen) atoms. The quantitative estimate of drug-likeness (QED) is 0.433. The molecule has 206 valence electrons. The number of ether oxygens (including phenoxy) is 3. The van der Waals surface area contributed by atoms with Gasteiger partial charge >= 0.3 is 5.97 Å². The van der Waals surface area contributed by atoms with Crippen LogP contribution in [-0.4, -0.2) is 66.0 Å². The molecule has 0 radical (unpaired) electrons. The number of fused-ring (bicyclic) bond motifs is 2. The van der Waals surface area contributed by atoms with Gasteiger partial charge in [0.25, 0.3) is 0 Å². The molecule has 2 N–H and O–H groups in total. The summed E-state index contributed by atoms with van der Waals surface area (Å²) in [6.45, 7) is 6.95. The third-order valence-corrected chi connectivity index (χ3v) is 7.67. The van der Waals surface area contributed by atoms with Crippen LogP contribution in [0.25, 0.3) is 0 Å². The van der Waals surface area contributed by atoms with Crippen molar-refractivity contribution in [3.8, 4) is 11.5 Å². The highest BCUT2D eigenvalue weighted by molar-refractivity contribution is 5.77. The van der Waals surface area contributed by atoms with Crippen LogP contribution in [0.4, 0.5) is 10.2 Å². The fraction of sp³-hybridized carbons (Fsp3) is 0.586. The zero-order valence-corrected chi connectivity index (χ0v) is 22.2. The molecule has 1 fully saturated rings. The van der Waals surface area contributed by atoms with Crippen LogP contribution < -0.4 is 14.8 Å². The fourth-order valence-corrected chi connectivity index (χ4v) is 5.49. The summed E-state index contributed by atoms with van der Waals surface area (Å²) in [5.74, 6) is 0.223. The topological polar surface area (TPSA) is 93.2 Å². The van der Waals surface area contributed by atoms with Gasteiger partial charge in [0.2, 0.25) is 0 Å². The molecule has 0 amide bonds. The maximum absolute atomic E-state index is 14.5. The number of rotatable bonds is 10. The molecule has 2 aromatic rings. The number of hydrogen-bond donors (Lipinski definition) is 2. The molecule has 0 saturated carbocycles. The first-order valence-corrected chi connectivity index (χ1v) is 13.8. The minimum absolute atomic E-state index is 0.0621. The van der Waals surface area contributed by atoms with Gasteiger partial charge in [0.1, 0.15) is 30.4 Å².